The van der Waals surface area contributed by atoms with Gasteiger partial charge in [-0.05, 0) is 43.0 Å². The van der Waals surface area contributed by atoms with Crippen LogP contribution in [0.1, 0.15) is 24.8 Å². The molecule has 0 radical (unpaired) electrons. The van der Waals surface area contributed by atoms with Crippen molar-refractivity contribution in [3.8, 4) is 0 Å². The molecule has 0 aliphatic heterocycles. The molecule has 1 aromatic carbocycles. The standard InChI is InChI=1S/C13H18ClNO4S/c1-19-13(5-2-6-13)9-15-20(17,18)11-3-4-12(14)10(7-11)8-16/h3-4,7,15-16H,2,5-6,8-9H2,1H3. The third-order valence-electron chi connectivity index (χ3n) is 3.78. The normalized spacial score (nSPS) is 17.8. The summed E-state index contributed by atoms with van der Waals surface area (Å²) in [6.45, 7) is -0.0485. The topological polar surface area (TPSA) is 75.6 Å². The minimum atomic E-state index is -3.63. The van der Waals surface area contributed by atoms with Crippen LogP contribution < -0.4 is 4.72 Å². The first-order chi connectivity index (χ1) is 9.42. The van der Waals surface area contributed by atoms with Crippen molar-refractivity contribution in [2.45, 2.75) is 36.4 Å². The van der Waals surface area contributed by atoms with Gasteiger partial charge >= 0.3 is 0 Å². The van der Waals surface area contributed by atoms with Gasteiger partial charge < -0.3 is 9.84 Å². The molecule has 0 bridgehead atoms. The number of sulfonamides is 1. The van der Waals surface area contributed by atoms with Gasteiger partial charge in [0, 0.05) is 18.7 Å². The summed E-state index contributed by atoms with van der Waals surface area (Å²) >= 11 is 5.85. The summed E-state index contributed by atoms with van der Waals surface area (Å²) in [5.74, 6) is 0. The summed E-state index contributed by atoms with van der Waals surface area (Å²) in [7, 11) is -2.03. The Balaban J connectivity index is 2.14. The van der Waals surface area contributed by atoms with Gasteiger partial charge in [-0.2, -0.15) is 0 Å². The SMILES string of the molecule is COC1(CNS(=O)(=O)c2ccc(Cl)c(CO)c2)CCC1. The molecule has 0 aromatic heterocycles. The number of nitrogens with one attached hydrogen (secondary N) is 1. The van der Waals surface area contributed by atoms with Gasteiger partial charge in [-0.25, -0.2) is 13.1 Å². The molecule has 1 saturated carbocycles. The van der Waals surface area contributed by atoms with E-state index >= 15 is 0 Å². The van der Waals surface area contributed by atoms with Crippen molar-refractivity contribution in [2.24, 2.45) is 0 Å². The molecular weight excluding hydrogens is 302 g/mol. The van der Waals surface area contributed by atoms with E-state index in [1.165, 1.54) is 18.2 Å². The zero-order valence-electron chi connectivity index (χ0n) is 11.2. The quantitative estimate of drug-likeness (QED) is 0.836. The monoisotopic (exact) mass is 319 g/mol. The molecule has 5 nitrogen and oxygen atoms in total. The van der Waals surface area contributed by atoms with Crippen LogP contribution >= 0.6 is 11.6 Å². The number of aliphatic hydroxyl groups excluding tert-OH is 1. The molecule has 0 saturated heterocycles. The van der Waals surface area contributed by atoms with Gasteiger partial charge in [0.05, 0.1) is 17.1 Å². The number of hydrogen-bond acceptors (Lipinski definition) is 4. The van der Waals surface area contributed by atoms with Gasteiger partial charge in [0.2, 0.25) is 10.0 Å². The van der Waals surface area contributed by atoms with Crippen molar-refractivity contribution in [3.05, 3.63) is 28.8 Å². The minimum absolute atomic E-state index is 0.0940. The van der Waals surface area contributed by atoms with Crippen LogP contribution in [0.4, 0.5) is 0 Å². The molecular formula is C13H18ClNO4S. The molecule has 1 aromatic rings. The largest absolute Gasteiger partial charge is 0.392 e. The van der Waals surface area contributed by atoms with Crippen LogP contribution in [0.25, 0.3) is 0 Å². The van der Waals surface area contributed by atoms with E-state index in [0.717, 1.165) is 19.3 Å². The smallest absolute Gasteiger partial charge is 0.240 e. The van der Waals surface area contributed by atoms with Crippen molar-refractivity contribution in [1.29, 1.82) is 0 Å². The van der Waals surface area contributed by atoms with Crippen LogP contribution in [0.5, 0.6) is 0 Å². The number of halogens is 1. The van der Waals surface area contributed by atoms with Crippen molar-refractivity contribution in [2.75, 3.05) is 13.7 Å². The fourth-order valence-electron chi connectivity index (χ4n) is 2.17. The molecule has 0 spiro atoms. The Hall–Kier alpha value is -0.660. The maximum absolute atomic E-state index is 12.2. The molecule has 20 heavy (non-hydrogen) atoms. The van der Waals surface area contributed by atoms with E-state index in [2.05, 4.69) is 4.72 Å². The molecule has 112 valence electrons. The molecule has 0 unspecified atom stereocenters. The first-order valence-corrected chi connectivity index (χ1v) is 8.23. The van der Waals surface area contributed by atoms with E-state index in [0.29, 0.717) is 10.6 Å². The lowest BCUT2D eigenvalue weighted by Gasteiger charge is -2.40. The third-order valence-corrected chi connectivity index (χ3v) is 5.55. The van der Waals surface area contributed by atoms with Crippen LogP contribution in [0.2, 0.25) is 5.02 Å². The first kappa shape index (κ1) is 15.7. The van der Waals surface area contributed by atoms with Gasteiger partial charge in [-0.3, -0.25) is 0 Å². The average molecular weight is 320 g/mol. The molecule has 0 amide bonds. The molecule has 1 aliphatic rings. The highest BCUT2D eigenvalue weighted by molar-refractivity contribution is 7.89. The molecule has 1 aliphatic carbocycles. The van der Waals surface area contributed by atoms with Crippen molar-refractivity contribution < 1.29 is 18.3 Å². The van der Waals surface area contributed by atoms with Crippen molar-refractivity contribution in [1.82, 2.24) is 4.72 Å². The Morgan fingerprint density at radius 2 is 2.15 bits per heavy atom. The zero-order chi connectivity index (χ0) is 14.8. The Kier molecular flexibility index (Phi) is 4.71. The van der Waals surface area contributed by atoms with Crippen LogP contribution in [-0.2, 0) is 21.4 Å². The molecule has 7 heteroatoms. The summed E-state index contributed by atoms with van der Waals surface area (Å²) in [6.07, 6.45) is 2.76. The highest BCUT2D eigenvalue weighted by Gasteiger charge is 2.38. The van der Waals surface area contributed by atoms with Crippen LogP contribution in [-0.4, -0.2) is 32.8 Å². The summed E-state index contributed by atoms with van der Waals surface area (Å²) in [5.41, 5.74) is 0.0129. The second-order valence-corrected chi connectivity index (χ2v) is 7.15. The molecule has 2 rings (SSSR count). The minimum Gasteiger partial charge on any atom is -0.392 e. The number of hydrogen-bond donors (Lipinski definition) is 2. The fourth-order valence-corrected chi connectivity index (χ4v) is 3.52. The number of benzene rings is 1. The van der Waals surface area contributed by atoms with E-state index in [1.807, 2.05) is 0 Å². The van der Waals surface area contributed by atoms with Gasteiger partial charge in [0.25, 0.3) is 0 Å². The maximum atomic E-state index is 12.2. The van der Waals surface area contributed by atoms with Crippen LogP contribution in [0, 0.1) is 0 Å². The Morgan fingerprint density at radius 3 is 2.65 bits per heavy atom. The van der Waals surface area contributed by atoms with Crippen LogP contribution in [0.3, 0.4) is 0 Å². The van der Waals surface area contributed by atoms with Gasteiger partial charge in [-0.15, -0.1) is 0 Å². The Labute approximate surface area is 124 Å². The highest BCUT2D eigenvalue weighted by atomic mass is 35.5. The maximum Gasteiger partial charge on any atom is 0.240 e. The summed E-state index contributed by atoms with van der Waals surface area (Å²) in [6, 6.07) is 4.27. The molecule has 0 atom stereocenters. The molecule has 1 fully saturated rings. The molecule has 0 heterocycles. The number of methoxy groups -OCH3 is 1. The van der Waals surface area contributed by atoms with Crippen molar-refractivity contribution >= 4 is 21.6 Å². The second-order valence-electron chi connectivity index (χ2n) is 4.98. The predicted octanol–water partition coefficient (Wildman–Crippen LogP) is 1.68. The predicted molar refractivity (Wildman–Crippen MR) is 76.2 cm³/mol. The second kappa shape index (κ2) is 5.99. The van der Waals surface area contributed by atoms with E-state index in [4.69, 9.17) is 21.4 Å². The van der Waals surface area contributed by atoms with E-state index in [-0.39, 0.29) is 23.6 Å². The fraction of sp³-hybridized carbons (Fsp3) is 0.538. The lowest BCUT2D eigenvalue weighted by atomic mass is 9.80. The summed E-state index contributed by atoms with van der Waals surface area (Å²) in [4.78, 5) is 0.0940. The Morgan fingerprint density at radius 1 is 1.45 bits per heavy atom. The Bertz CT molecular complexity index is 579. The summed E-state index contributed by atoms with van der Waals surface area (Å²) < 4.78 is 32.4. The van der Waals surface area contributed by atoms with E-state index in [9.17, 15) is 8.42 Å². The van der Waals surface area contributed by atoms with Gasteiger partial charge in [-0.1, -0.05) is 11.6 Å². The van der Waals surface area contributed by atoms with Gasteiger partial charge in [0.15, 0.2) is 0 Å². The summed E-state index contributed by atoms with van der Waals surface area (Å²) in [5, 5.41) is 9.48. The molecule has 2 N–H and O–H groups in total. The van der Waals surface area contributed by atoms with E-state index in [1.54, 1.807) is 7.11 Å². The third kappa shape index (κ3) is 3.15. The van der Waals surface area contributed by atoms with Crippen molar-refractivity contribution in [3.63, 3.8) is 0 Å². The average Bonchev–Trinajstić information content (AvgIpc) is 2.38. The lowest BCUT2D eigenvalue weighted by molar-refractivity contribution is -0.0659. The number of rotatable bonds is 6. The number of aliphatic hydroxyl groups is 1. The number of ether oxygens (including phenoxy) is 1. The highest BCUT2D eigenvalue weighted by Crippen LogP contribution is 2.34. The lowest BCUT2D eigenvalue weighted by Crippen LogP contribution is -2.49. The van der Waals surface area contributed by atoms with Crippen LogP contribution in [0.15, 0.2) is 23.1 Å². The van der Waals surface area contributed by atoms with E-state index < -0.39 is 10.0 Å². The van der Waals surface area contributed by atoms with Gasteiger partial charge in [0.1, 0.15) is 0 Å². The first-order valence-electron chi connectivity index (χ1n) is 6.36. The zero-order valence-corrected chi connectivity index (χ0v) is 12.8.